The van der Waals surface area contributed by atoms with Gasteiger partial charge in [0.2, 0.25) is 5.91 Å². The number of hydrogen-bond acceptors (Lipinski definition) is 3. The second kappa shape index (κ2) is 7.79. The Kier molecular flexibility index (Phi) is 5.51. The second-order valence-corrected chi connectivity index (χ2v) is 7.05. The van der Waals surface area contributed by atoms with Gasteiger partial charge >= 0.3 is 0 Å². The molecule has 1 heterocycles. The molecule has 2 unspecified atom stereocenters. The quantitative estimate of drug-likeness (QED) is 0.895. The molecule has 0 spiro atoms. The van der Waals surface area contributed by atoms with E-state index in [-0.39, 0.29) is 23.8 Å². The molecule has 1 aromatic carbocycles. The van der Waals surface area contributed by atoms with Crippen molar-refractivity contribution in [3.05, 3.63) is 29.8 Å². The lowest BCUT2D eigenvalue weighted by molar-refractivity contribution is -0.120. The number of nitrogens with two attached hydrogens (primary N) is 1. The molecule has 0 radical (unpaired) electrons. The van der Waals surface area contributed by atoms with Gasteiger partial charge in [0.05, 0.1) is 0 Å². The molecule has 1 saturated heterocycles. The van der Waals surface area contributed by atoms with Crippen LogP contribution in [0.15, 0.2) is 24.3 Å². The molecule has 5 nitrogen and oxygen atoms in total. The summed E-state index contributed by atoms with van der Waals surface area (Å²) in [6.45, 7) is 1.66. The maximum Gasteiger partial charge on any atom is 0.253 e. The van der Waals surface area contributed by atoms with Crippen molar-refractivity contribution >= 4 is 17.5 Å². The molecule has 5 heteroatoms. The number of likely N-dealkylation sites (tertiary alicyclic amines) is 1. The number of nitrogens with zero attached hydrogens (tertiary/aromatic N) is 1. The van der Waals surface area contributed by atoms with Gasteiger partial charge in [0, 0.05) is 36.3 Å². The van der Waals surface area contributed by atoms with Gasteiger partial charge in [-0.2, -0.15) is 0 Å². The molecule has 1 aromatic rings. The van der Waals surface area contributed by atoms with Crippen molar-refractivity contribution in [3.8, 4) is 0 Å². The topological polar surface area (TPSA) is 75.4 Å². The van der Waals surface area contributed by atoms with Gasteiger partial charge in [-0.1, -0.05) is 12.5 Å². The number of benzene rings is 1. The molecule has 1 aliphatic carbocycles. The lowest BCUT2D eigenvalue weighted by atomic mass is 9.85. The minimum absolute atomic E-state index is 0.0183. The zero-order valence-electron chi connectivity index (χ0n) is 14.2. The Morgan fingerprint density at radius 1 is 1.08 bits per heavy atom. The summed E-state index contributed by atoms with van der Waals surface area (Å²) in [6, 6.07) is 7.41. The highest BCUT2D eigenvalue weighted by Gasteiger charge is 2.25. The van der Waals surface area contributed by atoms with E-state index in [4.69, 9.17) is 5.73 Å². The van der Waals surface area contributed by atoms with Crippen LogP contribution in [-0.2, 0) is 4.79 Å². The smallest absolute Gasteiger partial charge is 0.253 e. The maximum atomic E-state index is 12.6. The van der Waals surface area contributed by atoms with Crippen LogP contribution in [0.2, 0.25) is 0 Å². The molecule has 2 fully saturated rings. The Balaban J connectivity index is 1.64. The summed E-state index contributed by atoms with van der Waals surface area (Å²) in [5.74, 6) is 0.0633. The van der Waals surface area contributed by atoms with Crippen molar-refractivity contribution < 1.29 is 9.59 Å². The standard InChI is InChI=1S/C19H27N3O2/c20-16-8-4-6-14(12-16)18(23)21-17-9-5-7-15(13-17)19(24)22-10-2-1-3-11-22/h5,7,9,13-14,16H,1-4,6,8,10-12,20H2,(H,21,23). The normalized spacial score (nSPS) is 24.5. The predicted octanol–water partition coefficient (Wildman–Crippen LogP) is 2.77. The molecule has 0 bridgehead atoms. The minimum atomic E-state index is -0.0183. The van der Waals surface area contributed by atoms with Crippen LogP contribution in [0.4, 0.5) is 5.69 Å². The van der Waals surface area contributed by atoms with Crippen molar-refractivity contribution in [1.29, 1.82) is 0 Å². The third-order valence-electron chi connectivity index (χ3n) is 5.11. The van der Waals surface area contributed by atoms with Crippen LogP contribution in [0.25, 0.3) is 0 Å². The first kappa shape index (κ1) is 17.0. The molecule has 0 aromatic heterocycles. The van der Waals surface area contributed by atoms with E-state index in [1.165, 1.54) is 6.42 Å². The largest absolute Gasteiger partial charge is 0.339 e. The Bertz CT molecular complexity index is 596. The molecule has 24 heavy (non-hydrogen) atoms. The highest BCUT2D eigenvalue weighted by Crippen LogP contribution is 2.25. The zero-order chi connectivity index (χ0) is 16.9. The van der Waals surface area contributed by atoms with E-state index in [0.717, 1.165) is 51.6 Å². The third kappa shape index (κ3) is 4.15. The Morgan fingerprint density at radius 3 is 2.62 bits per heavy atom. The average molecular weight is 329 g/mol. The molecule has 1 saturated carbocycles. The summed E-state index contributed by atoms with van der Waals surface area (Å²) in [4.78, 5) is 26.9. The summed E-state index contributed by atoms with van der Waals surface area (Å²) in [5, 5.41) is 2.97. The summed E-state index contributed by atoms with van der Waals surface area (Å²) in [5.41, 5.74) is 7.32. The van der Waals surface area contributed by atoms with E-state index < -0.39 is 0 Å². The molecule has 2 amide bonds. The van der Waals surface area contributed by atoms with Gasteiger partial charge in [0.1, 0.15) is 0 Å². The number of carbonyl (C=O) groups excluding carboxylic acids is 2. The second-order valence-electron chi connectivity index (χ2n) is 7.05. The third-order valence-corrected chi connectivity index (χ3v) is 5.11. The van der Waals surface area contributed by atoms with Crippen LogP contribution in [0.5, 0.6) is 0 Å². The molecule has 1 aliphatic heterocycles. The minimum Gasteiger partial charge on any atom is -0.339 e. The molecule has 3 rings (SSSR count). The number of anilines is 1. The summed E-state index contributed by atoms with van der Waals surface area (Å²) >= 11 is 0. The molecule has 3 N–H and O–H groups in total. The van der Waals surface area contributed by atoms with Crippen LogP contribution in [-0.4, -0.2) is 35.8 Å². The van der Waals surface area contributed by atoms with Gasteiger partial charge in [0.25, 0.3) is 5.91 Å². The fraction of sp³-hybridized carbons (Fsp3) is 0.579. The lowest BCUT2D eigenvalue weighted by Gasteiger charge is -2.27. The first-order valence-electron chi connectivity index (χ1n) is 9.09. The molecule has 2 aliphatic rings. The maximum absolute atomic E-state index is 12.6. The highest BCUT2D eigenvalue weighted by atomic mass is 16.2. The highest BCUT2D eigenvalue weighted by molar-refractivity contribution is 5.97. The van der Waals surface area contributed by atoms with Gasteiger partial charge in [-0.3, -0.25) is 9.59 Å². The number of nitrogens with one attached hydrogen (secondary N) is 1. The summed E-state index contributed by atoms with van der Waals surface area (Å²) in [7, 11) is 0. The monoisotopic (exact) mass is 329 g/mol. The number of amides is 2. The van der Waals surface area contributed by atoms with Crippen LogP contribution < -0.4 is 11.1 Å². The van der Waals surface area contributed by atoms with Crippen molar-refractivity contribution in [2.75, 3.05) is 18.4 Å². The van der Waals surface area contributed by atoms with Gasteiger partial charge in [-0.25, -0.2) is 0 Å². The zero-order valence-corrected chi connectivity index (χ0v) is 14.2. The van der Waals surface area contributed by atoms with Gasteiger partial charge in [0.15, 0.2) is 0 Å². The van der Waals surface area contributed by atoms with E-state index >= 15 is 0 Å². The Hall–Kier alpha value is -1.88. The summed E-state index contributed by atoms with van der Waals surface area (Å²) < 4.78 is 0. The Morgan fingerprint density at radius 2 is 1.88 bits per heavy atom. The van der Waals surface area contributed by atoms with Crippen LogP contribution in [0.3, 0.4) is 0 Å². The number of carbonyl (C=O) groups is 2. The van der Waals surface area contributed by atoms with E-state index in [9.17, 15) is 9.59 Å². The lowest BCUT2D eigenvalue weighted by Crippen LogP contribution is -2.35. The van der Waals surface area contributed by atoms with Crippen molar-refractivity contribution in [2.24, 2.45) is 11.7 Å². The van der Waals surface area contributed by atoms with Crippen LogP contribution in [0.1, 0.15) is 55.3 Å². The van der Waals surface area contributed by atoms with Gasteiger partial charge < -0.3 is 16.0 Å². The first-order chi connectivity index (χ1) is 11.6. The van der Waals surface area contributed by atoms with E-state index in [1.54, 1.807) is 6.07 Å². The molecular formula is C19H27N3O2. The fourth-order valence-electron chi connectivity index (χ4n) is 3.72. The molecular weight excluding hydrogens is 302 g/mol. The van der Waals surface area contributed by atoms with Crippen LogP contribution >= 0.6 is 0 Å². The number of piperidine rings is 1. The molecule has 2 atom stereocenters. The van der Waals surface area contributed by atoms with E-state index in [0.29, 0.717) is 11.3 Å². The van der Waals surface area contributed by atoms with Crippen molar-refractivity contribution in [3.63, 3.8) is 0 Å². The average Bonchev–Trinajstić information content (AvgIpc) is 2.62. The van der Waals surface area contributed by atoms with Crippen molar-refractivity contribution in [2.45, 2.75) is 51.0 Å². The van der Waals surface area contributed by atoms with Crippen LogP contribution in [0, 0.1) is 5.92 Å². The van der Waals surface area contributed by atoms with Crippen molar-refractivity contribution in [1.82, 2.24) is 4.90 Å². The summed E-state index contributed by atoms with van der Waals surface area (Å²) in [6.07, 6.45) is 7.00. The van der Waals surface area contributed by atoms with Gasteiger partial charge in [-0.15, -0.1) is 0 Å². The van der Waals surface area contributed by atoms with Gasteiger partial charge in [-0.05, 0) is 56.7 Å². The Labute approximate surface area is 143 Å². The number of rotatable bonds is 3. The SMILES string of the molecule is NC1CCCC(C(=O)Nc2cccc(C(=O)N3CCCCC3)c2)C1. The first-order valence-corrected chi connectivity index (χ1v) is 9.09. The molecule has 130 valence electrons. The van der Waals surface area contributed by atoms with E-state index in [2.05, 4.69) is 5.32 Å². The van der Waals surface area contributed by atoms with E-state index in [1.807, 2.05) is 23.1 Å². The fourth-order valence-corrected chi connectivity index (χ4v) is 3.72. The number of hydrogen-bond donors (Lipinski definition) is 2. The predicted molar refractivity (Wildman–Crippen MR) is 94.8 cm³/mol.